The fourth-order valence-corrected chi connectivity index (χ4v) is 4.55. The number of fused-ring (bicyclic) bond motifs is 1. The van der Waals surface area contributed by atoms with E-state index >= 15 is 0 Å². The highest BCUT2D eigenvalue weighted by atomic mass is 32.2. The maximum absolute atomic E-state index is 12.8. The third kappa shape index (κ3) is 5.02. The summed E-state index contributed by atoms with van der Waals surface area (Å²) in [6.07, 6.45) is 1.80. The van der Waals surface area contributed by atoms with E-state index in [-0.39, 0.29) is 22.6 Å². The Labute approximate surface area is 196 Å². The van der Waals surface area contributed by atoms with Crippen molar-refractivity contribution in [1.82, 2.24) is 15.8 Å². The second-order valence-electron chi connectivity index (χ2n) is 7.37. The van der Waals surface area contributed by atoms with E-state index in [0.29, 0.717) is 5.75 Å². The number of sulfonamides is 1. The fraction of sp³-hybridized carbons (Fsp3) is 0.0833. The molecule has 1 aromatic heterocycles. The van der Waals surface area contributed by atoms with Crippen LogP contribution in [0, 0.1) is 0 Å². The van der Waals surface area contributed by atoms with E-state index in [4.69, 9.17) is 4.74 Å². The number of rotatable bonds is 7. The van der Waals surface area contributed by atoms with E-state index in [9.17, 15) is 18.0 Å². The van der Waals surface area contributed by atoms with E-state index in [1.165, 1.54) is 31.4 Å². The fourth-order valence-electron chi connectivity index (χ4n) is 3.43. The number of carbonyl (C=O) groups is 2. The summed E-state index contributed by atoms with van der Waals surface area (Å²) in [5.74, 6) is -0.709. The number of hydrogen-bond donors (Lipinski definition) is 4. The summed E-state index contributed by atoms with van der Waals surface area (Å²) in [7, 11) is -2.55. The third-order valence-electron chi connectivity index (χ3n) is 5.10. The quantitative estimate of drug-likeness (QED) is 0.304. The highest BCUT2D eigenvalue weighted by Crippen LogP contribution is 2.26. The number of carbonyl (C=O) groups excluding carboxylic acids is 2. The van der Waals surface area contributed by atoms with Crippen LogP contribution in [0.3, 0.4) is 0 Å². The van der Waals surface area contributed by atoms with Crippen molar-refractivity contribution in [1.29, 1.82) is 0 Å². The second kappa shape index (κ2) is 9.67. The molecule has 2 amide bonds. The summed E-state index contributed by atoms with van der Waals surface area (Å²) in [4.78, 5) is 27.8. The number of ether oxygens (including phenoxy) is 1. The van der Waals surface area contributed by atoms with Gasteiger partial charge in [-0.25, -0.2) is 8.42 Å². The zero-order valence-electron chi connectivity index (χ0n) is 18.2. The van der Waals surface area contributed by atoms with Crippen molar-refractivity contribution in [3.63, 3.8) is 0 Å². The summed E-state index contributed by atoms with van der Waals surface area (Å²) in [6, 6.07) is 19.6. The van der Waals surface area contributed by atoms with Gasteiger partial charge in [0.05, 0.1) is 24.1 Å². The lowest BCUT2D eigenvalue weighted by Gasteiger charge is -2.12. The van der Waals surface area contributed by atoms with Crippen LogP contribution in [0.1, 0.15) is 15.9 Å². The minimum atomic E-state index is -3.99. The molecule has 0 aliphatic heterocycles. The van der Waals surface area contributed by atoms with E-state index in [2.05, 4.69) is 20.6 Å². The van der Waals surface area contributed by atoms with Gasteiger partial charge in [-0.15, -0.1) is 0 Å². The van der Waals surface area contributed by atoms with Crippen molar-refractivity contribution in [3.8, 4) is 5.75 Å². The molecule has 3 aromatic carbocycles. The van der Waals surface area contributed by atoms with Crippen LogP contribution in [0.2, 0.25) is 0 Å². The number of aromatic amines is 1. The van der Waals surface area contributed by atoms with E-state index < -0.39 is 21.8 Å². The minimum Gasteiger partial charge on any atom is -0.495 e. The summed E-state index contributed by atoms with van der Waals surface area (Å²) < 4.78 is 33.3. The van der Waals surface area contributed by atoms with Gasteiger partial charge in [0.15, 0.2) is 0 Å². The molecule has 34 heavy (non-hydrogen) atoms. The number of anilines is 1. The molecule has 1 heterocycles. The van der Waals surface area contributed by atoms with Crippen molar-refractivity contribution in [3.05, 3.63) is 90.1 Å². The van der Waals surface area contributed by atoms with Crippen LogP contribution >= 0.6 is 0 Å². The number of hydrogen-bond acceptors (Lipinski definition) is 5. The molecule has 0 unspecified atom stereocenters. The lowest BCUT2D eigenvalue weighted by atomic mass is 10.1. The van der Waals surface area contributed by atoms with Crippen molar-refractivity contribution >= 4 is 38.4 Å². The SMILES string of the molecule is COc1ccccc1NS(=O)(=O)c1cccc(C(=O)NNC(=O)Cc2c[nH]c3ccccc23)c1. The van der Waals surface area contributed by atoms with Gasteiger partial charge in [-0.3, -0.25) is 25.2 Å². The van der Waals surface area contributed by atoms with Crippen molar-refractivity contribution < 1.29 is 22.7 Å². The number of amides is 2. The molecule has 4 aromatic rings. The smallest absolute Gasteiger partial charge is 0.269 e. The molecule has 4 rings (SSSR count). The molecule has 10 heteroatoms. The molecule has 0 atom stereocenters. The first-order chi connectivity index (χ1) is 16.4. The predicted octanol–water partition coefficient (Wildman–Crippen LogP) is 2.98. The Morgan fingerprint density at radius 3 is 2.53 bits per heavy atom. The number of aromatic nitrogens is 1. The molecule has 0 saturated heterocycles. The Morgan fingerprint density at radius 1 is 0.941 bits per heavy atom. The zero-order valence-corrected chi connectivity index (χ0v) is 19.0. The number of H-pyrrole nitrogens is 1. The van der Waals surface area contributed by atoms with Gasteiger partial charge < -0.3 is 9.72 Å². The van der Waals surface area contributed by atoms with Crippen LogP contribution in [0.4, 0.5) is 5.69 Å². The van der Waals surface area contributed by atoms with Crippen LogP contribution < -0.4 is 20.3 Å². The van der Waals surface area contributed by atoms with E-state index in [0.717, 1.165) is 16.5 Å². The second-order valence-corrected chi connectivity index (χ2v) is 9.05. The molecule has 0 bridgehead atoms. The molecule has 0 spiro atoms. The largest absolute Gasteiger partial charge is 0.495 e. The van der Waals surface area contributed by atoms with Crippen molar-refractivity contribution in [2.75, 3.05) is 11.8 Å². The maximum Gasteiger partial charge on any atom is 0.269 e. The molecule has 0 aliphatic carbocycles. The summed E-state index contributed by atoms with van der Waals surface area (Å²) in [6.45, 7) is 0. The number of hydrazine groups is 1. The third-order valence-corrected chi connectivity index (χ3v) is 6.46. The van der Waals surface area contributed by atoms with Gasteiger partial charge in [0.1, 0.15) is 5.75 Å². The monoisotopic (exact) mass is 478 g/mol. The maximum atomic E-state index is 12.8. The average Bonchev–Trinajstić information content (AvgIpc) is 3.25. The standard InChI is InChI=1S/C24H22N4O5S/c1-33-22-12-5-4-11-21(22)28-34(31,32)18-8-6-7-16(13-18)24(30)27-26-23(29)14-17-15-25-20-10-3-2-9-19(17)20/h2-13,15,25,28H,14H2,1H3,(H,26,29)(H,27,30). The highest BCUT2D eigenvalue weighted by Gasteiger charge is 2.18. The molecule has 174 valence electrons. The predicted molar refractivity (Wildman–Crippen MR) is 128 cm³/mol. The number of para-hydroxylation sites is 3. The van der Waals surface area contributed by atoms with Gasteiger partial charge >= 0.3 is 0 Å². The van der Waals surface area contributed by atoms with Gasteiger partial charge in [-0.2, -0.15) is 0 Å². The summed E-state index contributed by atoms with van der Waals surface area (Å²) in [5.41, 5.74) is 6.72. The number of methoxy groups -OCH3 is 1. The molecule has 0 fully saturated rings. The summed E-state index contributed by atoms with van der Waals surface area (Å²) >= 11 is 0. The Morgan fingerprint density at radius 2 is 1.71 bits per heavy atom. The minimum absolute atomic E-state index is 0.0571. The molecule has 0 aliphatic rings. The van der Waals surface area contributed by atoms with Crippen molar-refractivity contribution in [2.24, 2.45) is 0 Å². The normalized spacial score (nSPS) is 11.1. The average molecular weight is 479 g/mol. The number of nitrogens with one attached hydrogen (secondary N) is 4. The molecule has 0 saturated carbocycles. The van der Waals surface area contributed by atoms with Crippen molar-refractivity contribution in [2.45, 2.75) is 11.3 Å². The van der Waals surface area contributed by atoms with Crippen LogP contribution in [-0.4, -0.2) is 32.3 Å². The van der Waals surface area contributed by atoms with Gasteiger partial charge in [-0.05, 0) is 42.0 Å². The molecule has 9 nitrogen and oxygen atoms in total. The Kier molecular flexibility index (Phi) is 6.51. The Bertz CT molecular complexity index is 1460. The molecular weight excluding hydrogens is 456 g/mol. The Balaban J connectivity index is 1.41. The van der Waals surface area contributed by atoms with Crippen LogP contribution in [-0.2, 0) is 21.2 Å². The van der Waals surface area contributed by atoms with Gasteiger partial charge in [0.2, 0.25) is 5.91 Å². The first-order valence-electron chi connectivity index (χ1n) is 10.3. The van der Waals surface area contributed by atoms with Gasteiger partial charge in [0.25, 0.3) is 15.9 Å². The van der Waals surface area contributed by atoms with E-state index in [1.807, 2.05) is 24.3 Å². The van der Waals surface area contributed by atoms with Crippen LogP contribution in [0.25, 0.3) is 10.9 Å². The first kappa shape index (κ1) is 22.9. The lowest BCUT2D eigenvalue weighted by Crippen LogP contribution is -2.42. The number of benzene rings is 3. The molecule has 0 radical (unpaired) electrons. The van der Waals surface area contributed by atoms with E-state index in [1.54, 1.807) is 30.5 Å². The molecular formula is C24H22N4O5S. The highest BCUT2D eigenvalue weighted by molar-refractivity contribution is 7.92. The van der Waals surface area contributed by atoms with Crippen LogP contribution in [0.5, 0.6) is 5.75 Å². The molecule has 4 N–H and O–H groups in total. The summed E-state index contributed by atoms with van der Waals surface area (Å²) in [5, 5.41) is 0.921. The van der Waals surface area contributed by atoms with Gasteiger partial charge in [0, 0.05) is 22.7 Å². The zero-order chi connectivity index (χ0) is 24.1. The van der Waals surface area contributed by atoms with Crippen LogP contribution in [0.15, 0.2) is 83.9 Å². The first-order valence-corrected chi connectivity index (χ1v) is 11.8. The Hall–Kier alpha value is -4.31. The topological polar surface area (TPSA) is 129 Å². The van der Waals surface area contributed by atoms with Gasteiger partial charge in [-0.1, -0.05) is 36.4 Å². The lowest BCUT2D eigenvalue weighted by molar-refractivity contribution is -0.121.